The number of nitrogens with zero attached hydrogens (tertiary/aromatic N) is 4. The molecule has 2 heterocycles. The molecule has 0 atom stereocenters. The normalized spacial score (nSPS) is 10.4. The number of aryl methyl sites for hydroxylation is 1. The highest BCUT2D eigenvalue weighted by atomic mass is 35.5. The molecule has 0 aliphatic carbocycles. The summed E-state index contributed by atoms with van der Waals surface area (Å²) in [7, 11) is 1.73. The Labute approximate surface area is 89.7 Å². The summed E-state index contributed by atoms with van der Waals surface area (Å²) < 4.78 is 0.744. The average Bonchev–Trinajstić information content (AvgIpc) is 2.72. The topological polar surface area (TPSA) is 55.6 Å². The summed E-state index contributed by atoms with van der Waals surface area (Å²) in [5.74, 6) is 0.648. The van der Waals surface area contributed by atoms with Crippen LogP contribution in [0, 0.1) is 0 Å². The number of rotatable bonds is 3. The van der Waals surface area contributed by atoms with E-state index in [1.54, 1.807) is 7.05 Å². The van der Waals surface area contributed by atoms with E-state index in [2.05, 4.69) is 20.7 Å². The van der Waals surface area contributed by atoms with Crippen LogP contribution in [0.25, 0.3) is 0 Å². The van der Waals surface area contributed by atoms with Gasteiger partial charge in [-0.25, -0.2) is 0 Å². The molecule has 0 aliphatic rings. The number of nitrogens with one attached hydrogen (secondary N) is 1. The van der Waals surface area contributed by atoms with E-state index in [4.69, 9.17) is 11.6 Å². The van der Waals surface area contributed by atoms with Crippen molar-refractivity contribution in [1.82, 2.24) is 20.2 Å². The molecule has 0 unspecified atom stereocenters. The Hall–Kier alpha value is -1.14. The second-order valence-electron chi connectivity index (χ2n) is 2.66. The summed E-state index contributed by atoms with van der Waals surface area (Å²) in [6, 6.07) is 1.92. The maximum Gasteiger partial charge on any atom is 0.193 e. The molecule has 0 amide bonds. The van der Waals surface area contributed by atoms with Crippen LogP contribution in [0.4, 0.5) is 5.69 Å². The Morgan fingerprint density at radius 1 is 1.64 bits per heavy atom. The van der Waals surface area contributed by atoms with Gasteiger partial charge in [0.05, 0.1) is 19.3 Å². The minimum Gasteiger partial charge on any atom is -0.376 e. The third-order valence-corrected chi connectivity index (χ3v) is 2.77. The number of hydrogen-bond acceptors (Lipinski definition) is 5. The van der Waals surface area contributed by atoms with E-state index in [0.29, 0.717) is 12.4 Å². The van der Waals surface area contributed by atoms with Crippen LogP contribution in [0.15, 0.2) is 11.4 Å². The second kappa shape index (κ2) is 3.93. The lowest BCUT2D eigenvalue weighted by Gasteiger charge is -1.99. The Morgan fingerprint density at radius 2 is 2.50 bits per heavy atom. The molecule has 0 saturated heterocycles. The fourth-order valence-corrected chi connectivity index (χ4v) is 1.86. The molecule has 0 bridgehead atoms. The zero-order chi connectivity index (χ0) is 9.97. The Bertz CT molecular complexity index is 423. The minimum atomic E-state index is 0.532. The van der Waals surface area contributed by atoms with Crippen LogP contribution in [-0.2, 0) is 13.6 Å². The van der Waals surface area contributed by atoms with Crippen molar-refractivity contribution in [2.24, 2.45) is 7.05 Å². The number of anilines is 1. The smallest absolute Gasteiger partial charge is 0.193 e. The van der Waals surface area contributed by atoms with E-state index in [0.717, 1.165) is 10.0 Å². The van der Waals surface area contributed by atoms with Crippen molar-refractivity contribution in [3.05, 3.63) is 21.6 Å². The first-order valence-corrected chi connectivity index (χ1v) is 5.21. The zero-order valence-corrected chi connectivity index (χ0v) is 9.01. The molecule has 1 N–H and O–H groups in total. The highest BCUT2D eigenvalue weighted by molar-refractivity contribution is 7.15. The molecule has 0 aromatic carbocycles. The van der Waals surface area contributed by atoms with E-state index < -0.39 is 0 Å². The van der Waals surface area contributed by atoms with Crippen molar-refractivity contribution >= 4 is 28.6 Å². The largest absolute Gasteiger partial charge is 0.376 e. The van der Waals surface area contributed by atoms with Crippen molar-refractivity contribution in [2.75, 3.05) is 5.32 Å². The molecular weight excluding hydrogens is 222 g/mol. The molecule has 14 heavy (non-hydrogen) atoms. The number of hydrogen-bond donors (Lipinski definition) is 1. The molecule has 2 rings (SSSR count). The van der Waals surface area contributed by atoms with Gasteiger partial charge in [-0.05, 0) is 16.7 Å². The van der Waals surface area contributed by atoms with Crippen LogP contribution in [-0.4, -0.2) is 20.2 Å². The van der Waals surface area contributed by atoms with Crippen LogP contribution >= 0.6 is 22.9 Å². The van der Waals surface area contributed by atoms with Gasteiger partial charge in [-0.2, -0.15) is 4.80 Å². The summed E-state index contributed by atoms with van der Waals surface area (Å²) in [4.78, 5) is 1.42. The zero-order valence-electron chi connectivity index (χ0n) is 7.44. The molecule has 5 nitrogen and oxygen atoms in total. The predicted molar refractivity (Wildman–Crippen MR) is 55.5 cm³/mol. The fraction of sp³-hybridized carbons (Fsp3) is 0.286. The lowest BCUT2D eigenvalue weighted by molar-refractivity contribution is 0.628. The van der Waals surface area contributed by atoms with Crippen molar-refractivity contribution < 1.29 is 0 Å². The number of tetrazole rings is 1. The molecule has 0 fully saturated rings. The van der Waals surface area contributed by atoms with E-state index in [1.165, 1.54) is 16.1 Å². The van der Waals surface area contributed by atoms with Gasteiger partial charge in [0.25, 0.3) is 0 Å². The quantitative estimate of drug-likeness (QED) is 0.868. The maximum atomic E-state index is 5.91. The molecule has 0 saturated carbocycles. The summed E-state index contributed by atoms with van der Waals surface area (Å²) in [6.45, 7) is 0.532. The minimum absolute atomic E-state index is 0.532. The number of thiophene rings is 1. The first-order valence-electron chi connectivity index (χ1n) is 3.95. The first-order chi connectivity index (χ1) is 6.75. The molecular formula is C7H8ClN5S. The summed E-state index contributed by atoms with van der Waals surface area (Å²) in [5.41, 5.74) is 0.907. The van der Waals surface area contributed by atoms with Crippen LogP contribution in [0.2, 0.25) is 4.34 Å². The Balaban J connectivity index is 1.98. The van der Waals surface area contributed by atoms with Gasteiger partial charge in [-0.1, -0.05) is 11.6 Å². The van der Waals surface area contributed by atoms with E-state index >= 15 is 0 Å². The van der Waals surface area contributed by atoms with Gasteiger partial charge in [0.15, 0.2) is 5.82 Å². The molecule has 0 radical (unpaired) electrons. The third-order valence-electron chi connectivity index (χ3n) is 1.60. The van der Waals surface area contributed by atoms with Gasteiger partial charge in [0.2, 0.25) is 0 Å². The standard InChI is InChI=1S/C7H8ClN5S/c1-13-11-6(10-12-13)4-9-5-2-3-14-7(5)8/h2-3,9H,4H2,1H3. The van der Waals surface area contributed by atoms with E-state index in [9.17, 15) is 0 Å². The van der Waals surface area contributed by atoms with Crippen molar-refractivity contribution in [2.45, 2.75) is 6.54 Å². The fourth-order valence-electron chi connectivity index (χ4n) is 0.988. The Kier molecular flexibility index (Phi) is 2.64. The highest BCUT2D eigenvalue weighted by Gasteiger charge is 2.03. The summed E-state index contributed by atoms with van der Waals surface area (Å²) in [6.07, 6.45) is 0. The Morgan fingerprint density at radius 3 is 3.07 bits per heavy atom. The van der Waals surface area contributed by atoms with Crippen LogP contribution in [0.3, 0.4) is 0 Å². The van der Waals surface area contributed by atoms with Gasteiger partial charge < -0.3 is 5.32 Å². The molecule has 7 heteroatoms. The van der Waals surface area contributed by atoms with E-state index in [-0.39, 0.29) is 0 Å². The van der Waals surface area contributed by atoms with Crippen LogP contribution < -0.4 is 5.32 Å². The molecule has 0 aliphatic heterocycles. The van der Waals surface area contributed by atoms with Gasteiger partial charge in [-0.15, -0.1) is 21.5 Å². The number of aromatic nitrogens is 4. The molecule has 74 valence electrons. The van der Waals surface area contributed by atoms with Gasteiger partial charge in [0.1, 0.15) is 4.34 Å². The SMILES string of the molecule is Cn1nnc(CNc2ccsc2Cl)n1. The summed E-state index contributed by atoms with van der Waals surface area (Å²) >= 11 is 7.39. The highest BCUT2D eigenvalue weighted by Crippen LogP contribution is 2.27. The second-order valence-corrected chi connectivity index (χ2v) is 4.17. The van der Waals surface area contributed by atoms with Gasteiger partial charge in [-0.3, -0.25) is 0 Å². The predicted octanol–water partition coefficient (Wildman–Crippen LogP) is 1.54. The molecule has 2 aromatic rings. The van der Waals surface area contributed by atoms with Crippen molar-refractivity contribution in [3.8, 4) is 0 Å². The van der Waals surface area contributed by atoms with Gasteiger partial charge in [0, 0.05) is 0 Å². The van der Waals surface area contributed by atoms with Crippen molar-refractivity contribution in [1.29, 1.82) is 0 Å². The van der Waals surface area contributed by atoms with E-state index in [1.807, 2.05) is 11.4 Å². The third kappa shape index (κ3) is 2.02. The number of halogens is 1. The summed E-state index contributed by atoms with van der Waals surface area (Å²) in [5, 5.41) is 16.6. The van der Waals surface area contributed by atoms with Crippen LogP contribution in [0.1, 0.15) is 5.82 Å². The average molecular weight is 230 g/mol. The lowest BCUT2D eigenvalue weighted by atomic mass is 10.5. The van der Waals surface area contributed by atoms with Crippen LogP contribution in [0.5, 0.6) is 0 Å². The van der Waals surface area contributed by atoms with Crippen molar-refractivity contribution in [3.63, 3.8) is 0 Å². The molecule has 0 spiro atoms. The lowest BCUT2D eigenvalue weighted by Crippen LogP contribution is -2.01. The monoisotopic (exact) mass is 229 g/mol. The van der Waals surface area contributed by atoms with Gasteiger partial charge >= 0.3 is 0 Å². The first kappa shape index (κ1) is 9.42. The molecule has 2 aromatic heterocycles. The maximum absolute atomic E-state index is 5.91.